The van der Waals surface area contributed by atoms with Gasteiger partial charge in [-0.3, -0.25) is 4.79 Å². The third-order valence-corrected chi connectivity index (χ3v) is 2.49. The molecule has 0 fully saturated rings. The van der Waals surface area contributed by atoms with Gasteiger partial charge in [0.1, 0.15) is 0 Å². The van der Waals surface area contributed by atoms with Crippen molar-refractivity contribution in [3.8, 4) is 0 Å². The summed E-state index contributed by atoms with van der Waals surface area (Å²) in [6, 6.07) is 7.85. The van der Waals surface area contributed by atoms with E-state index in [-0.39, 0.29) is 5.78 Å². The van der Waals surface area contributed by atoms with E-state index in [0.29, 0.717) is 6.42 Å². The predicted octanol–water partition coefficient (Wildman–Crippen LogP) is 3.07. The Hall–Kier alpha value is -1.37. The molecule has 1 aliphatic carbocycles. The minimum Gasteiger partial charge on any atom is -0.294 e. The van der Waals surface area contributed by atoms with Crippen LogP contribution in [0.2, 0.25) is 0 Å². The number of allylic oxidation sites excluding steroid dienone is 2. The number of ketones is 1. The smallest absolute Gasteiger partial charge is 0.167 e. The highest BCUT2D eigenvalue weighted by Gasteiger charge is 2.23. The second-order valence-electron chi connectivity index (χ2n) is 3.62. The fourth-order valence-corrected chi connectivity index (χ4v) is 1.79. The van der Waals surface area contributed by atoms with Crippen LogP contribution in [0.3, 0.4) is 0 Å². The Morgan fingerprint density at radius 2 is 1.77 bits per heavy atom. The van der Waals surface area contributed by atoms with E-state index in [1.165, 1.54) is 11.1 Å². The van der Waals surface area contributed by atoms with Crippen LogP contribution < -0.4 is 0 Å². The molecule has 0 spiro atoms. The van der Waals surface area contributed by atoms with Gasteiger partial charge in [-0.2, -0.15) is 0 Å². The van der Waals surface area contributed by atoms with Crippen LogP contribution >= 0.6 is 0 Å². The first-order chi connectivity index (χ1) is 6.20. The second kappa shape index (κ2) is 2.84. The summed E-state index contributed by atoms with van der Waals surface area (Å²) in [6.07, 6.45) is 0.585. The lowest BCUT2D eigenvalue weighted by atomic mass is 10.0. The van der Waals surface area contributed by atoms with Crippen molar-refractivity contribution in [3.05, 3.63) is 41.0 Å². The number of Topliss-reactive ketones (excluding diaryl/α,β-unsaturated/α-hetero) is 1. The summed E-state index contributed by atoms with van der Waals surface area (Å²) in [5.74, 6) is 0.256. The lowest BCUT2D eigenvalue weighted by molar-refractivity contribution is 0.100. The molecule has 0 N–H and O–H groups in total. The molecule has 0 aliphatic heterocycles. The minimum absolute atomic E-state index is 0.256. The largest absolute Gasteiger partial charge is 0.294 e. The van der Waals surface area contributed by atoms with E-state index in [9.17, 15) is 4.79 Å². The molecular weight excluding hydrogens is 160 g/mol. The number of benzene rings is 1. The summed E-state index contributed by atoms with van der Waals surface area (Å²) in [4.78, 5) is 11.5. The molecule has 0 radical (unpaired) electrons. The van der Waals surface area contributed by atoms with Crippen molar-refractivity contribution in [2.24, 2.45) is 0 Å². The first-order valence-electron chi connectivity index (χ1n) is 4.49. The molecule has 0 heterocycles. The SMILES string of the molecule is CC(C)=C1CC(=O)c2ccccc21. The van der Waals surface area contributed by atoms with Gasteiger partial charge in [0.2, 0.25) is 0 Å². The maximum atomic E-state index is 11.5. The number of fused-ring (bicyclic) bond motifs is 1. The van der Waals surface area contributed by atoms with Crippen LogP contribution in [-0.2, 0) is 0 Å². The maximum Gasteiger partial charge on any atom is 0.167 e. The molecule has 0 bridgehead atoms. The Morgan fingerprint density at radius 1 is 1.15 bits per heavy atom. The van der Waals surface area contributed by atoms with Crippen LogP contribution in [0.25, 0.3) is 5.57 Å². The Kier molecular flexibility index (Phi) is 1.80. The van der Waals surface area contributed by atoms with E-state index in [1.54, 1.807) is 0 Å². The van der Waals surface area contributed by atoms with Crippen molar-refractivity contribution < 1.29 is 4.79 Å². The molecule has 2 rings (SSSR count). The van der Waals surface area contributed by atoms with Gasteiger partial charge in [0.15, 0.2) is 5.78 Å². The zero-order valence-corrected chi connectivity index (χ0v) is 7.92. The molecule has 66 valence electrons. The maximum absolute atomic E-state index is 11.5. The summed E-state index contributed by atoms with van der Waals surface area (Å²) < 4.78 is 0. The van der Waals surface area contributed by atoms with Crippen molar-refractivity contribution in [1.29, 1.82) is 0 Å². The summed E-state index contributed by atoms with van der Waals surface area (Å²) in [7, 11) is 0. The molecule has 0 unspecified atom stereocenters. The van der Waals surface area contributed by atoms with Gasteiger partial charge in [-0.1, -0.05) is 29.8 Å². The van der Waals surface area contributed by atoms with E-state index < -0.39 is 0 Å². The topological polar surface area (TPSA) is 17.1 Å². The first kappa shape index (κ1) is 8.24. The number of rotatable bonds is 0. The molecule has 1 heteroatoms. The zero-order chi connectivity index (χ0) is 9.42. The van der Waals surface area contributed by atoms with Crippen LogP contribution in [0.4, 0.5) is 0 Å². The quantitative estimate of drug-likeness (QED) is 0.587. The highest BCUT2D eigenvalue weighted by atomic mass is 16.1. The van der Waals surface area contributed by atoms with Gasteiger partial charge in [-0.15, -0.1) is 0 Å². The fraction of sp³-hybridized carbons (Fsp3) is 0.250. The Bertz CT molecular complexity index is 395. The normalized spacial score (nSPS) is 14.6. The van der Waals surface area contributed by atoms with E-state index >= 15 is 0 Å². The van der Waals surface area contributed by atoms with Crippen molar-refractivity contribution >= 4 is 11.4 Å². The molecule has 1 aromatic rings. The monoisotopic (exact) mass is 172 g/mol. The lowest BCUT2D eigenvalue weighted by Crippen LogP contribution is -1.88. The Labute approximate surface area is 78.1 Å². The Morgan fingerprint density at radius 3 is 2.38 bits per heavy atom. The van der Waals surface area contributed by atoms with Gasteiger partial charge in [-0.25, -0.2) is 0 Å². The van der Waals surface area contributed by atoms with Crippen LogP contribution in [-0.4, -0.2) is 5.78 Å². The van der Waals surface area contributed by atoms with Crippen molar-refractivity contribution in [2.75, 3.05) is 0 Å². The second-order valence-corrected chi connectivity index (χ2v) is 3.62. The fourth-order valence-electron chi connectivity index (χ4n) is 1.79. The van der Waals surface area contributed by atoms with Crippen LogP contribution in [0.1, 0.15) is 36.2 Å². The van der Waals surface area contributed by atoms with Crippen LogP contribution in [0, 0.1) is 0 Å². The average Bonchev–Trinajstić information content (AvgIpc) is 2.45. The van der Waals surface area contributed by atoms with Crippen LogP contribution in [0.15, 0.2) is 29.8 Å². The van der Waals surface area contributed by atoms with Crippen LogP contribution in [0.5, 0.6) is 0 Å². The number of hydrogen-bond acceptors (Lipinski definition) is 1. The first-order valence-corrected chi connectivity index (χ1v) is 4.49. The van der Waals surface area contributed by atoms with Gasteiger partial charge in [0, 0.05) is 12.0 Å². The van der Waals surface area contributed by atoms with Crippen molar-refractivity contribution in [1.82, 2.24) is 0 Å². The zero-order valence-electron chi connectivity index (χ0n) is 7.92. The number of carbonyl (C=O) groups excluding carboxylic acids is 1. The summed E-state index contributed by atoms with van der Waals surface area (Å²) >= 11 is 0. The number of hydrogen-bond donors (Lipinski definition) is 0. The highest BCUT2D eigenvalue weighted by molar-refractivity contribution is 6.12. The molecule has 1 aromatic carbocycles. The van der Waals surface area contributed by atoms with Crippen molar-refractivity contribution in [3.63, 3.8) is 0 Å². The molecule has 0 saturated carbocycles. The summed E-state index contributed by atoms with van der Waals surface area (Å²) in [6.45, 7) is 4.12. The third kappa shape index (κ3) is 1.21. The van der Waals surface area contributed by atoms with E-state index in [2.05, 4.69) is 13.8 Å². The van der Waals surface area contributed by atoms with Crippen molar-refractivity contribution in [2.45, 2.75) is 20.3 Å². The molecule has 0 saturated heterocycles. The molecule has 0 amide bonds. The number of carbonyl (C=O) groups is 1. The average molecular weight is 172 g/mol. The van der Waals surface area contributed by atoms with Gasteiger partial charge >= 0.3 is 0 Å². The van der Waals surface area contributed by atoms with E-state index in [0.717, 1.165) is 11.1 Å². The molecule has 1 aliphatic rings. The minimum atomic E-state index is 0.256. The summed E-state index contributed by atoms with van der Waals surface area (Å²) in [5, 5.41) is 0. The molecule has 0 atom stereocenters. The molecule has 1 nitrogen and oxygen atoms in total. The van der Waals surface area contributed by atoms with Gasteiger partial charge in [0.25, 0.3) is 0 Å². The van der Waals surface area contributed by atoms with Gasteiger partial charge in [0.05, 0.1) is 0 Å². The standard InChI is InChI=1S/C12H12O/c1-8(2)11-7-12(13)10-6-4-3-5-9(10)11/h3-6H,7H2,1-2H3. The molecular formula is C12H12O. The highest BCUT2D eigenvalue weighted by Crippen LogP contribution is 2.33. The van der Waals surface area contributed by atoms with Gasteiger partial charge in [-0.05, 0) is 25.0 Å². The Balaban J connectivity index is 2.67. The molecule has 13 heavy (non-hydrogen) atoms. The van der Waals surface area contributed by atoms with E-state index in [4.69, 9.17) is 0 Å². The summed E-state index contributed by atoms with van der Waals surface area (Å²) in [5.41, 5.74) is 4.48. The predicted molar refractivity (Wildman–Crippen MR) is 53.7 cm³/mol. The third-order valence-electron chi connectivity index (χ3n) is 2.49. The lowest BCUT2D eigenvalue weighted by Gasteiger charge is -2.00. The van der Waals surface area contributed by atoms with E-state index in [1.807, 2.05) is 24.3 Å². The molecule has 0 aromatic heterocycles. The van der Waals surface area contributed by atoms with Gasteiger partial charge < -0.3 is 0 Å².